The minimum atomic E-state index is 0.132. The molecule has 3 nitrogen and oxygen atoms in total. The van der Waals surface area contributed by atoms with E-state index in [4.69, 9.17) is 4.74 Å². The highest BCUT2D eigenvalue weighted by Crippen LogP contribution is 2.25. The molecule has 0 spiro atoms. The fraction of sp³-hybridized carbons (Fsp3) is 0.533. The summed E-state index contributed by atoms with van der Waals surface area (Å²) in [5, 5.41) is 2.99. The lowest BCUT2D eigenvalue weighted by Gasteiger charge is -2.38. The highest BCUT2D eigenvalue weighted by atomic mass is 32.2. The lowest BCUT2D eigenvalue weighted by molar-refractivity contribution is -0.126. The molecule has 1 fully saturated rings. The first-order valence-corrected chi connectivity index (χ1v) is 7.60. The maximum atomic E-state index is 11.7. The lowest BCUT2D eigenvalue weighted by atomic mass is 9.89. The summed E-state index contributed by atoms with van der Waals surface area (Å²) in [5.41, 5.74) is 1.41. The van der Waals surface area contributed by atoms with E-state index in [9.17, 15) is 4.79 Å². The first kappa shape index (κ1) is 14.4. The molecular weight excluding hydrogens is 258 g/mol. The third kappa shape index (κ3) is 4.55. The van der Waals surface area contributed by atoms with Crippen LogP contribution in [0.15, 0.2) is 29.2 Å². The van der Waals surface area contributed by atoms with Crippen LogP contribution in [0.4, 0.5) is 0 Å². The zero-order valence-electron chi connectivity index (χ0n) is 11.6. The number of nitrogens with one attached hydrogen (secondary N) is 1. The van der Waals surface area contributed by atoms with E-state index >= 15 is 0 Å². The molecule has 19 heavy (non-hydrogen) atoms. The van der Waals surface area contributed by atoms with E-state index in [0.29, 0.717) is 6.42 Å². The molecule has 0 aliphatic carbocycles. The fourth-order valence-electron chi connectivity index (χ4n) is 1.85. The van der Waals surface area contributed by atoms with Crippen molar-refractivity contribution in [2.45, 2.75) is 25.2 Å². The summed E-state index contributed by atoms with van der Waals surface area (Å²) in [5.74, 6) is 0.954. The van der Waals surface area contributed by atoms with Gasteiger partial charge in [-0.1, -0.05) is 24.6 Å². The molecule has 1 N–H and O–H groups in total. The van der Waals surface area contributed by atoms with E-state index in [1.165, 1.54) is 10.5 Å². The second-order valence-electron chi connectivity index (χ2n) is 5.49. The van der Waals surface area contributed by atoms with Crippen LogP contribution in [-0.2, 0) is 9.53 Å². The molecule has 1 aromatic rings. The van der Waals surface area contributed by atoms with Crippen molar-refractivity contribution < 1.29 is 9.53 Å². The highest BCUT2D eigenvalue weighted by molar-refractivity contribution is 7.99. The van der Waals surface area contributed by atoms with Crippen LogP contribution < -0.4 is 5.32 Å². The van der Waals surface area contributed by atoms with E-state index in [1.54, 1.807) is 11.8 Å². The third-order valence-electron chi connectivity index (χ3n) is 3.23. The van der Waals surface area contributed by atoms with Gasteiger partial charge in [0, 0.05) is 29.0 Å². The van der Waals surface area contributed by atoms with Crippen molar-refractivity contribution in [3.63, 3.8) is 0 Å². The van der Waals surface area contributed by atoms with Gasteiger partial charge in [-0.25, -0.2) is 0 Å². The minimum absolute atomic E-state index is 0.132. The summed E-state index contributed by atoms with van der Waals surface area (Å²) in [6, 6.07) is 8.40. The molecule has 0 saturated carbocycles. The Kier molecular flexibility index (Phi) is 4.88. The zero-order chi connectivity index (χ0) is 13.7. The van der Waals surface area contributed by atoms with E-state index in [2.05, 4.69) is 43.4 Å². The summed E-state index contributed by atoms with van der Waals surface area (Å²) in [4.78, 5) is 12.9. The highest BCUT2D eigenvalue weighted by Gasteiger charge is 2.33. The number of hydrogen-bond acceptors (Lipinski definition) is 3. The van der Waals surface area contributed by atoms with Crippen LogP contribution >= 0.6 is 11.8 Å². The molecule has 1 saturated heterocycles. The molecule has 1 amide bonds. The zero-order valence-corrected chi connectivity index (χ0v) is 12.4. The summed E-state index contributed by atoms with van der Waals surface area (Å²) in [7, 11) is 0. The Hall–Kier alpha value is -1.00. The fourth-order valence-corrected chi connectivity index (χ4v) is 2.70. The number of amides is 1. The van der Waals surface area contributed by atoms with Crippen LogP contribution in [0, 0.1) is 12.3 Å². The number of thioether (sulfide) groups is 1. The Labute approximate surface area is 119 Å². The lowest BCUT2D eigenvalue weighted by Crippen LogP contribution is -2.48. The summed E-state index contributed by atoms with van der Waals surface area (Å²) >= 11 is 1.73. The molecule has 1 aromatic carbocycles. The van der Waals surface area contributed by atoms with Gasteiger partial charge in [0.15, 0.2) is 0 Å². The maximum Gasteiger partial charge on any atom is 0.220 e. The van der Waals surface area contributed by atoms with Crippen molar-refractivity contribution in [2.75, 3.05) is 25.5 Å². The Bertz CT molecular complexity index is 426. The molecule has 1 heterocycles. The van der Waals surface area contributed by atoms with Gasteiger partial charge in [0.1, 0.15) is 0 Å². The summed E-state index contributed by atoms with van der Waals surface area (Å²) in [6.45, 7) is 6.45. The molecular formula is C15H21NO2S. The largest absolute Gasteiger partial charge is 0.380 e. The number of hydrogen-bond donors (Lipinski definition) is 1. The predicted molar refractivity (Wildman–Crippen MR) is 78.5 cm³/mol. The Morgan fingerprint density at radius 3 is 2.63 bits per heavy atom. The standard InChI is InChI=1S/C15H21NO2S/c1-12-3-5-13(6-4-12)19-8-7-14(17)16-9-15(2)10-18-11-15/h3-6H,7-11H2,1-2H3,(H,16,17). The molecule has 2 rings (SSSR count). The van der Waals surface area contributed by atoms with Crippen LogP contribution in [0.25, 0.3) is 0 Å². The number of aryl methyl sites for hydroxylation is 1. The van der Waals surface area contributed by atoms with E-state index < -0.39 is 0 Å². The Balaban J connectivity index is 1.62. The Morgan fingerprint density at radius 2 is 2.05 bits per heavy atom. The van der Waals surface area contributed by atoms with Crippen molar-refractivity contribution in [3.05, 3.63) is 29.8 Å². The van der Waals surface area contributed by atoms with E-state index in [1.807, 2.05) is 0 Å². The Morgan fingerprint density at radius 1 is 1.37 bits per heavy atom. The second-order valence-corrected chi connectivity index (χ2v) is 6.66. The molecule has 0 radical (unpaired) electrons. The van der Waals surface area contributed by atoms with Crippen molar-refractivity contribution in [2.24, 2.45) is 5.41 Å². The van der Waals surface area contributed by atoms with Gasteiger partial charge in [-0.05, 0) is 19.1 Å². The number of carbonyl (C=O) groups is 1. The molecule has 0 bridgehead atoms. The average Bonchev–Trinajstić information content (AvgIpc) is 2.36. The van der Waals surface area contributed by atoms with Crippen molar-refractivity contribution in [1.82, 2.24) is 5.32 Å². The third-order valence-corrected chi connectivity index (χ3v) is 4.25. The average molecular weight is 279 g/mol. The first-order valence-electron chi connectivity index (χ1n) is 6.61. The number of benzene rings is 1. The molecule has 0 unspecified atom stereocenters. The SMILES string of the molecule is Cc1ccc(SCCC(=O)NCC2(C)COC2)cc1. The van der Waals surface area contributed by atoms with Crippen LogP contribution in [0.2, 0.25) is 0 Å². The predicted octanol–water partition coefficient (Wildman–Crippen LogP) is 2.63. The molecule has 0 atom stereocenters. The van der Waals surface area contributed by atoms with Gasteiger partial charge in [-0.2, -0.15) is 0 Å². The van der Waals surface area contributed by atoms with E-state index in [-0.39, 0.29) is 11.3 Å². The number of carbonyl (C=O) groups excluding carboxylic acids is 1. The van der Waals surface area contributed by atoms with Crippen molar-refractivity contribution in [1.29, 1.82) is 0 Å². The minimum Gasteiger partial charge on any atom is -0.380 e. The normalized spacial score (nSPS) is 16.7. The van der Waals surface area contributed by atoms with Gasteiger partial charge in [-0.15, -0.1) is 11.8 Å². The summed E-state index contributed by atoms with van der Waals surface area (Å²) in [6.07, 6.45) is 0.565. The van der Waals surface area contributed by atoms with Crippen LogP contribution in [0.3, 0.4) is 0 Å². The van der Waals surface area contributed by atoms with Gasteiger partial charge in [-0.3, -0.25) is 4.79 Å². The monoisotopic (exact) mass is 279 g/mol. The van der Waals surface area contributed by atoms with Gasteiger partial charge >= 0.3 is 0 Å². The second kappa shape index (κ2) is 6.44. The van der Waals surface area contributed by atoms with Crippen molar-refractivity contribution >= 4 is 17.7 Å². The quantitative estimate of drug-likeness (QED) is 0.814. The molecule has 4 heteroatoms. The number of rotatable bonds is 6. The molecule has 1 aliphatic heterocycles. The van der Waals surface area contributed by atoms with Gasteiger partial charge in [0.2, 0.25) is 5.91 Å². The van der Waals surface area contributed by atoms with Gasteiger partial charge in [0.05, 0.1) is 13.2 Å². The van der Waals surface area contributed by atoms with Gasteiger partial charge in [0.25, 0.3) is 0 Å². The van der Waals surface area contributed by atoms with E-state index in [0.717, 1.165) is 25.5 Å². The smallest absolute Gasteiger partial charge is 0.220 e. The van der Waals surface area contributed by atoms with Crippen LogP contribution in [0.1, 0.15) is 18.9 Å². The van der Waals surface area contributed by atoms with Crippen LogP contribution in [0.5, 0.6) is 0 Å². The van der Waals surface area contributed by atoms with Crippen molar-refractivity contribution in [3.8, 4) is 0 Å². The van der Waals surface area contributed by atoms with Crippen LogP contribution in [-0.4, -0.2) is 31.4 Å². The first-order chi connectivity index (χ1) is 9.07. The number of ether oxygens (including phenoxy) is 1. The van der Waals surface area contributed by atoms with Gasteiger partial charge < -0.3 is 10.1 Å². The summed E-state index contributed by atoms with van der Waals surface area (Å²) < 4.78 is 5.16. The topological polar surface area (TPSA) is 38.3 Å². The molecule has 0 aromatic heterocycles. The molecule has 104 valence electrons. The molecule has 1 aliphatic rings. The maximum absolute atomic E-state index is 11.7.